The van der Waals surface area contributed by atoms with Crippen molar-refractivity contribution in [3.8, 4) is 11.5 Å². The molecule has 3 atom stereocenters. The van der Waals surface area contributed by atoms with Crippen LogP contribution in [-0.2, 0) is 0 Å². The van der Waals surface area contributed by atoms with Crippen LogP contribution in [0.5, 0.6) is 0 Å². The molecule has 3 N–H and O–H groups in total. The van der Waals surface area contributed by atoms with E-state index in [1.165, 1.54) is 19.2 Å². The number of hydrogen-bond donors (Lipinski definition) is 3. The minimum absolute atomic E-state index is 0.267. The van der Waals surface area contributed by atoms with Gasteiger partial charge in [0, 0.05) is 17.2 Å². The fourth-order valence-corrected chi connectivity index (χ4v) is 3.44. The highest BCUT2D eigenvalue weighted by atomic mass is 32.1. The van der Waals surface area contributed by atoms with Gasteiger partial charge < -0.3 is 9.73 Å². The molecule has 8 heteroatoms. The first kappa shape index (κ1) is 18.3. The summed E-state index contributed by atoms with van der Waals surface area (Å²) in [5.74, 6) is 1.38. The van der Waals surface area contributed by atoms with Crippen LogP contribution < -0.4 is 16.2 Å². The van der Waals surface area contributed by atoms with E-state index in [9.17, 15) is 4.79 Å². The van der Waals surface area contributed by atoms with Crippen LogP contribution in [0.25, 0.3) is 11.5 Å². The molecule has 26 heavy (non-hydrogen) atoms. The van der Waals surface area contributed by atoms with E-state index in [0.29, 0.717) is 34.4 Å². The second kappa shape index (κ2) is 8.27. The van der Waals surface area contributed by atoms with Crippen molar-refractivity contribution in [1.29, 1.82) is 0 Å². The highest BCUT2D eigenvalue weighted by molar-refractivity contribution is 7.80. The Bertz CT molecular complexity index is 747. The van der Waals surface area contributed by atoms with Gasteiger partial charge in [-0.25, -0.2) is 0 Å². The van der Waals surface area contributed by atoms with Crippen LogP contribution in [0.2, 0.25) is 0 Å². The molecule has 3 rings (SSSR count). The average molecular weight is 373 g/mol. The molecule has 0 saturated heterocycles. The summed E-state index contributed by atoms with van der Waals surface area (Å²) in [7, 11) is 0. The van der Waals surface area contributed by atoms with Crippen molar-refractivity contribution >= 4 is 23.2 Å². The van der Waals surface area contributed by atoms with Gasteiger partial charge in [0.1, 0.15) is 0 Å². The molecular weight excluding hydrogens is 350 g/mol. The maximum atomic E-state index is 12.2. The minimum Gasteiger partial charge on any atom is -0.423 e. The number of rotatable bonds is 3. The van der Waals surface area contributed by atoms with Crippen molar-refractivity contribution in [2.75, 3.05) is 0 Å². The lowest BCUT2D eigenvalue weighted by molar-refractivity contribution is 0.0943. The normalized spacial score (nSPS) is 22.5. The maximum Gasteiger partial charge on any atom is 0.269 e. The van der Waals surface area contributed by atoms with Gasteiger partial charge in [-0.1, -0.05) is 26.7 Å². The van der Waals surface area contributed by atoms with Crippen LogP contribution in [0.1, 0.15) is 43.5 Å². The molecule has 1 saturated carbocycles. The van der Waals surface area contributed by atoms with Crippen LogP contribution in [0, 0.1) is 11.8 Å². The summed E-state index contributed by atoms with van der Waals surface area (Å²) in [6, 6.07) is 7.23. The van der Waals surface area contributed by atoms with Crippen molar-refractivity contribution in [2.45, 2.75) is 39.2 Å². The van der Waals surface area contributed by atoms with Crippen molar-refractivity contribution in [2.24, 2.45) is 11.8 Å². The van der Waals surface area contributed by atoms with Gasteiger partial charge in [0.25, 0.3) is 5.91 Å². The molecule has 1 amide bonds. The SMILES string of the molecule is C[C@@H]1[C@H](C)CCC[C@@H]1NC(=S)NNC(=O)c1ccc(-c2nnco2)cc1. The van der Waals surface area contributed by atoms with E-state index in [4.69, 9.17) is 16.6 Å². The number of hydrazine groups is 1. The van der Waals surface area contributed by atoms with Gasteiger partial charge in [-0.05, 0) is 54.7 Å². The van der Waals surface area contributed by atoms with Gasteiger partial charge in [-0.2, -0.15) is 0 Å². The molecule has 7 nitrogen and oxygen atoms in total. The largest absolute Gasteiger partial charge is 0.423 e. The molecule has 0 aliphatic heterocycles. The van der Waals surface area contributed by atoms with E-state index < -0.39 is 0 Å². The van der Waals surface area contributed by atoms with Gasteiger partial charge in [-0.15, -0.1) is 10.2 Å². The van der Waals surface area contributed by atoms with Gasteiger partial charge in [-0.3, -0.25) is 15.6 Å². The Hall–Kier alpha value is -2.48. The van der Waals surface area contributed by atoms with Crippen LogP contribution >= 0.6 is 12.2 Å². The van der Waals surface area contributed by atoms with Crippen molar-refractivity contribution in [3.63, 3.8) is 0 Å². The zero-order valence-corrected chi connectivity index (χ0v) is 15.7. The van der Waals surface area contributed by atoms with Gasteiger partial charge in [0.05, 0.1) is 0 Å². The molecule has 1 fully saturated rings. The van der Waals surface area contributed by atoms with E-state index in [0.717, 1.165) is 12.0 Å². The lowest BCUT2D eigenvalue weighted by Crippen LogP contribution is -2.52. The third-order valence-corrected chi connectivity index (χ3v) is 5.29. The first-order valence-electron chi connectivity index (χ1n) is 8.78. The summed E-state index contributed by atoms with van der Waals surface area (Å²) in [6.07, 6.45) is 4.82. The fourth-order valence-electron chi connectivity index (χ4n) is 3.24. The van der Waals surface area contributed by atoms with E-state index in [-0.39, 0.29) is 5.91 Å². The molecule has 0 bridgehead atoms. The molecule has 1 aliphatic carbocycles. The number of amides is 1. The number of thiocarbonyl (C=S) groups is 1. The number of hydrogen-bond acceptors (Lipinski definition) is 5. The Morgan fingerprint density at radius 1 is 1.19 bits per heavy atom. The summed E-state index contributed by atoms with van der Waals surface area (Å²) in [5.41, 5.74) is 6.67. The van der Waals surface area contributed by atoms with Crippen LogP contribution in [-0.4, -0.2) is 27.3 Å². The number of carbonyl (C=O) groups is 1. The standard InChI is InChI=1S/C18H23N5O2S/c1-11-4-3-5-15(12(11)2)20-18(26)23-21-16(24)13-6-8-14(9-7-13)17-22-19-10-25-17/h6-12,15H,3-5H2,1-2H3,(H,21,24)(H2,20,23,26)/t11-,12-,15+/m1/s1. The topological polar surface area (TPSA) is 92.1 Å². The zero-order valence-electron chi connectivity index (χ0n) is 14.9. The Morgan fingerprint density at radius 3 is 2.65 bits per heavy atom. The molecule has 138 valence electrons. The molecule has 1 heterocycles. The van der Waals surface area contributed by atoms with Crippen LogP contribution in [0.4, 0.5) is 0 Å². The summed E-state index contributed by atoms with van der Waals surface area (Å²) >= 11 is 5.31. The third-order valence-electron chi connectivity index (χ3n) is 5.07. The summed E-state index contributed by atoms with van der Waals surface area (Å²) in [5, 5.41) is 11.2. The molecule has 1 aliphatic rings. The molecule has 2 aromatic rings. The Morgan fingerprint density at radius 2 is 1.96 bits per heavy atom. The smallest absolute Gasteiger partial charge is 0.269 e. The van der Waals surface area contributed by atoms with Gasteiger partial charge in [0.2, 0.25) is 12.3 Å². The average Bonchev–Trinajstić information content (AvgIpc) is 3.18. The lowest BCUT2D eigenvalue weighted by Gasteiger charge is -2.35. The van der Waals surface area contributed by atoms with Gasteiger partial charge >= 0.3 is 0 Å². The zero-order chi connectivity index (χ0) is 18.5. The number of carbonyl (C=O) groups excluding carboxylic acids is 1. The highest BCUT2D eigenvalue weighted by Gasteiger charge is 2.27. The quantitative estimate of drug-likeness (QED) is 0.563. The maximum absolute atomic E-state index is 12.2. The highest BCUT2D eigenvalue weighted by Crippen LogP contribution is 2.29. The predicted octanol–water partition coefficient (Wildman–Crippen LogP) is 2.67. The van der Waals surface area contributed by atoms with Crippen LogP contribution in [0.15, 0.2) is 35.1 Å². The van der Waals surface area contributed by atoms with E-state index in [2.05, 4.69) is 40.2 Å². The second-order valence-electron chi connectivity index (χ2n) is 6.75. The summed E-state index contributed by atoms with van der Waals surface area (Å²) in [4.78, 5) is 12.2. The monoisotopic (exact) mass is 373 g/mol. The molecule has 1 aromatic heterocycles. The minimum atomic E-state index is -0.267. The second-order valence-corrected chi connectivity index (χ2v) is 7.16. The Balaban J connectivity index is 1.49. The fraction of sp³-hybridized carbons (Fsp3) is 0.444. The number of benzene rings is 1. The first-order chi connectivity index (χ1) is 12.5. The summed E-state index contributed by atoms with van der Waals surface area (Å²) < 4.78 is 5.13. The van der Waals surface area contributed by atoms with Crippen LogP contribution in [0.3, 0.4) is 0 Å². The lowest BCUT2D eigenvalue weighted by atomic mass is 9.78. The Labute approximate surface area is 157 Å². The van der Waals surface area contributed by atoms with Crippen molar-refractivity contribution < 1.29 is 9.21 Å². The number of aromatic nitrogens is 2. The van der Waals surface area contributed by atoms with Crippen molar-refractivity contribution in [3.05, 3.63) is 36.2 Å². The molecule has 0 spiro atoms. The summed E-state index contributed by atoms with van der Waals surface area (Å²) in [6.45, 7) is 4.52. The number of nitrogens with one attached hydrogen (secondary N) is 3. The third kappa shape index (κ3) is 4.37. The molecule has 0 unspecified atom stereocenters. The van der Waals surface area contributed by atoms with E-state index in [1.54, 1.807) is 24.3 Å². The first-order valence-corrected chi connectivity index (χ1v) is 9.19. The van der Waals surface area contributed by atoms with Gasteiger partial charge in [0.15, 0.2) is 5.11 Å². The molecular formula is C18H23N5O2S. The number of nitrogens with zero attached hydrogens (tertiary/aromatic N) is 2. The van der Waals surface area contributed by atoms with E-state index in [1.807, 2.05) is 0 Å². The van der Waals surface area contributed by atoms with Crippen molar-refractivity contribution in [1.82, 2.24) is 26.4 Å². The Kier molecular flexibility index (Phi) is 5.82. The predicted molar refractivity (Wildman–Crippen MR) is 102 cm³/mol. The molecule has 1 aromatic carbocycles. The molecule has 0 radical (unpaired) electrons. The van der Waals surface area contributed by atoms with E-state index >= 15 is 0 Å².